The van der Waals surface area contributed by atoms with E-state index in [0.717, 1.165) is 11.3 Å². The van der Waals surface area contributed by atoms with Crippen LogP contribution in [0.4, 0.5) is 11.4 Å². The van der Waals surface area contributed by atoms with Gasteiger partial charge in [-0.2, -0.15) is 0 Å². The molecule has 0 radical (unpaired) electrons. The summed E-state index contributed by atoms with van der Waals surface area (Å²) in [4.78, 5) is 10.4. The Kier molecular flexibility index (Phi) is 4.65. The predicted molar refractivity (Wildman–Crippen MR) is 83.1 cm³/mol. The third kappa shape index (κ3) is 3.64. The Morgan fingerprint density at radius 2 is 1.90 bits per heavy atom. The van der Waals surface area contributed by atoms with Gasteiger partial charge < -0.3 is 10.1 Å². The van der Waals surface area contributed by atoms with Crippen molar-refractivity contribution in [1.82, 2.24) is 0 Å². The quantitative estimate of drug-likeness (QED) is 0.655. The van der Waals surface area contributed by atoms with Crippen molar-refractivity contribution in [2.75, 3.05) is 12.4 Å². The van der Waals surface area contributed by atoms with E-state index in [9.17, 15) is 10.1 Å². The molecule has 0 heterocycles. The van der Waals surface area contributed by atoms with Crippen molar-refractivity contribution in [3.8, 4) is 5.75 Å². The van der Waals surface area contributed by atoms with Crippen molar-refractivity contribution in [1.29, 1.82) is 0 Å². The van der Waals surface area contributed by atoms with Gasteiger partial charge >= 0.3 is 0 Å². The van der Waals surface area contributed by atoms with Gasteiger partial charge in [0.25, 0.3) is 5.69 Å². The second-order valence-electron chi connectivity index (χ2n) is 4.56. The number of benzene rings is 2. The molecule has 110 valence electrons. The van der Waals surface area contributed by atoms with Gasteiger partial charge in [0.05, 0.1) is 12.0 Å². The molecule has 21 heavy (non-hydrogen) atoms. The SMILES string of the molecule is COc1ccc(C(C)Nc2ccc(Cl)c([N+](=O)[O-])c2)cc1. The molecule has 0 aliphatic rings. The van der Waals surface area contributed by atoms with Crippen LogP contribution >= 0.6 is 11.6 Å². The minimum absolute atomic E-state index is 0.00307. The Balaban J connectivity index is 2.16. The van der Waals surface area contributed by atoms with Gasteiger partial charge in [0, 0.05) is 17.8 Å². The first-order valence-electron chi connectivity index (χ1n) is 6.35. The fraction of sp³-hybridized carbons (Fsp3) is 0.200. The van der Waals surface area contributed by atoms with Crippen LogP contribution in [0.5, 0.6) is 5.75 Å². The van der Waals surface area contributed by atoms with Gasteiger partial charge in [-0.25, -0.2) is 0 Å². The van der Waals surface area contributed by atoms with Crippen LogP contribution in [-0.2, 0) is 0 Å². The summed E-state index contributed by atoms with van der Waals surface area (Å²) in [5.74, 6) is 0.785. The summed E-state index contributed by atoms with van der Waals surface area (Å²) < 4.78 is 5.11. The second kappa shape index (κ2) is 6.45. The maximum Gasteiger partial charge on any atom is 0.289 e. The van der Waals surface area contributed by atoms with E-state index < -0.39 is 4.92 Å². The number of ether oxygens (including phenoxy) is 1. The van der Waals surface area contributed by atoms with Gasteiger partial charge in [0.15, 0.2) is 0 Å². The maximum atomic E-state index is 10.9. The van der Waals surface area contributed by atoms with Crippen molar-refractivity contribution in [2.45, 2.75) is 13.0 Å². The molecule has 1 unspecified atom stereocenters. The fourth-order valence-corrected chi connectivity index (χ4v) is 2.15. The molecule has 0 spiro atoms. The molecule has 2 aromatic rings. The molecule has 6 heteroatoms. The predicted octanol–water partition coefficient (Wildman–Crippen LogP) is 4.43. The van der Waals surface area contributed by atoms with Gasteiger partial charge in [-0.1, -0.05) is 23.7 Å². The van der Waals surface area contributed by atoms with Gasteiger partial charge in [0.1, 0.15) is 10.8 Å². The number of hydrogen-bond acceptors (Lipinski definition) is 4. The Hall–Kier alpha value is -2.27. The second-order valence-corrected chi connectivity index (χ2v) is 4.97. The third-order valence-corrected chi connectivity index (χ3v) is 3.46. The standard InChI is InChI=1S/C15H15ClN2O3/c1-10(11-3-6-13(21-2)7-4-11)17-12-5-8-14(16)15(9-12)18(19)20/h3-10,17H,1-2H3. The highest BCUT2D eigenvalue weighted by Gasteiger charge is 2.14. The summed E-state index contributed by atoms with van der Waals surface area (Å²) in [6.45, 7) is 1.97. The molecular weight excluding hydrogens is 292 g/mol. The number of anilines is 1. The van der Waals surface area contributed by atoms with E-state index in [0.29, 0.717) is 5.69 Å². The highest BCUT2D eigenvalue weighted by molar-refractivity contribution is 6.32. The van der Waals surface area contributed by atoms with Crippen LogP contribution in [0.3, 0.4) is 0 Å². The van der Waals surface area contributed by atoms with E-state index >= 15 is 0 Å². The Labute approximate surface area is 127 Å². The van der Waals surface area contributed by atoms with Crippen LogP contribution in [-0.4, -0.2) is 12.0 Å². The van der Waals surface area contributed by atoms with Crippen molar-refractivity contribution in [3.05, 3.63) is 63.2 Å². The molecule has 5 nitrogen and oxygen atoms in total. The summed E-state index contributed by atoms with van der Waals surface area (Å²) in [7, 11) is 1.61. The summed E-state index contributed by atoms with van der Waals surface area (Å²) in [6.07, 6.45) is 0. The van der Waals surface area contributed by atoms with Crippen LogP contribution in [0.25, 0.3) is 0 Å². The van der Waals surface area contributed by atoms with E-state index in [1.807, 2.05) is 31.2 Å². The summed E-state index contributed by atoms with van der Waals surface area (Å²) in [6, 6.07) is 12.3. The zero-order valence-corrected chi connectivity index (χ0v) is 12.4. The van der Waals surface area contributed by atoms with E-state index in [4.69, 9.17) is 16.3 Å². The summed E-state index contributed by atoms with van der Waals surface area (Å²) >= 11 is 5.79. The maximum absolute atomic E-state index is 10.9. The number of rotatable bonds is 5. The van der Waals surface area contributed by atoms with E-state index in [-0.39, 0.29) is 16.8 Å². The monoisotopic (exact) mass is 306 g/mol. The molecule has 2 rings (SSSR count). The minimum atomic E-state index is -0.494. The molecule has 0 saturated carbocycles. The molecule has 0 aliphatic carbocycles. The molecule has 0 aliphatic heterocycles. The van der Waals surface area contributed by atoms with Crippen LogP contribution in [0, 0.1) is 10.1 Å². The van der Waals surface area contributed by atoms with Crippen molar-refractivity contribution in [3.63, 3.8) is 0 Å². The molecule has 0 amide bonds. The smallest absolute Gasteiger partial charge is 0.289 e. The van der Waals surface area contributed by atoms with Gasteiger partial charge in [-0.05, 0) is 36.8 Å². The molecule has 0 aromatic heterocycles. The molecule has 0 bridgehead atoms. The molecule has 2 aromatic carbocycles. The van der Waals surface area contributed by atoms with Gasteiger partial charge in [0.2, 0.25) is 0 Å². The van der Waals surface area contributed by atoms with E-state index in [1.54, 1.807) is 13.2 Å². The first-order valence-corrected chi connectivity index (χ1v) is 6.73. The molecule has 0 saturated heterocycles. The minimum Gasteiger partial charge on any atom is -0.497 e. The number of nitrogens with one attached hydrogen (secondary N) is 1. The average molecular weight is 307 g/mol. The molecule has 1 atom stereocenters. The van der Waals surface area contributed by atoms with E-state index in [1.165, 1.54) is 12.1 Å². The lowest BCUT2D eigenvalue weighted by molar-refractivity contribution is -0.384. The number of nitrogens with zero attached hydrogens (tertiary/aromatic N) is 1. The molecule has 0 fully saturated rings. The first kappa shape index (κ1) is 15.1. The van der Waals surface area contributed by atoms with E-state index in [2.05, 4.69) is 5.32 Å². The average Bonchev–Trinajstić information content (AvgIpc) is 2.49. The zero-order chi connectivity index (χ0) is 15.4. The Bertz CT molecular complexity index is 644. The fourth-order valence-electron chi connectivity index (χ4n) is 1.97. The molecular formula is C15H15ClN2O3. The normalized spacial score (nSPS) is 11.8. The lowest BCUT2D eigenvalue weighted by Gasteiger charge is -2.16. The lowest BCUT2D eigenvalue weighted by atomic mass is 10.1. The number of halogens is 1. The highest BCUT2D eigenvalue weighted by atomic mass is 35.5. The van der Waals surface area contributed by atoms with Gasteiger partial charge in [-0.15, -0.1) is 0 Å². The zero-order valence-electron chi connectivity index (χ0n) is 11.7. The summed E-state index contributed by atoms with van der Waals surface area (Å²) in [5.41, 5.74) is 1.59. The van der Waals surface area contributed by atoms with Gasteiger partial charge in [-0.3, -0.25) is 10.1 Å². The van der Waals surface area contributed by atoms with Crippen LogP contribution in [0.2, 0.25) is 5.02 Å². The number of methoxy groups -OCH3 is 1. The Morgan fingerprint density at radius 1 is 1.24 bits per heavy atom. The number of nitro groups is 1. The number of nitro benzene ring substituents is 1. The van der Waals surface area contributed by atoms with Crippen molar-refractivity contribution >= 4 is 23.0 Å². The van der Waals surface area contributed by atoms with Crippen LogP contribution < -0.4 is 10.1 Å². The Morgan fingerprint density at radius 3 is 2.48 bits per heavy atom. The van der Waals surface area contributed by atoms with Crippen molar-refractivity contribution in [2.24, 2.45) is 0 Å². The van der Waals surface area contributed by atoms with Crippen LogP contribution in [0.15, 0.2) is 42.5 Å². The highest BCUT2D eigenvalue weighted by Crippen LogP contribution is 2.29. The largest absolute Gasteiger partial charge is 0.497 e. The van der Waals surface area contributed by atoms with Crippen molar-refractivity contribution < 1.29 is 9.66 Å². The lowest BCUT2D eigenvalue weighted by Crippen LogP contribution is -2.06. The summed E-state index contributed by atoms with van der Waals surface area (Å²) in [5, 5.41) is 14.2. The first-order chi connectivity index (χ1) is 10.0. The topological polar surface area (TPSA) is 64.4 Å². The molecule has 1 N–H and O–H groups in total. The third-order valence-electron chi connectivity index (χ3n) is 3.14. The van der Waals surface area contributed by atoms with Crippen LogP contribution in [0.1, 0.15) is 18.5 Å². The number of hydrogen-bond donors (Lipinski definition) is 1.